The first-order chi connectivity index (χ1) is 9.10. The predicted octanol–water partition coefficient (Wildman–Crippen LogP) is 4.11. The van der Waals surface area contributed by atoms with Gasteiger partial charge in [0.25, 0.3) is 0 Å². The average molecular weight is 277 g/mol. The molecule has 0 aliphatic heterocycles. The summed E-state index contributed by atoms with van der Waals surface area (Å²) in [5.74, 6) is 1.45. The number of nitrogens with two attached hydrogens (primary N) is 1. The molecule has 0 amide bonds. The molecule has 0 fully saturated rings. The van der Waals surface area contributed by atoms with E-state index in [9.17, 15) is 0 Å². The summed E-state index contributed by atoms with van der Waals surface area (Å²) >= 11 is 6.07. The van der Waals surface area contributed by atoms with Crippen LogP contribution in [0.15, 0.2) is 36.5 Å². The fraction of sp³-hybridized carbons (Fsp3) is 0.267. The maximum absolute atomic E-state index is 6.07. The minimum Gasteiger partial charge on any atom is -0.456 e. The van der Waals surface area contributed by atoms with Crippen LogP contribution in [-0.4, -0.2) is 4.98 Å². The molecule has 1 aromatic heterocycles. The second-order valence-corrected chi connectivity index (χ2v) is 4.82. The normalized spacial score (nSPS) is 12.2. The summed E-state index contributed by atoms with van der Waals surface area (Å²) < 4.78 is 5.75. The summed E-state index contributed by atoms with van der Waals surface area (Å²) in [6.07, 6.45) is 2.55. The fourth-order valence-corrected chi connectivity index (χ4v) is 1.99. The van der Waals surface area contributed by atoms with Gasteiger partial charge in [-0.1, -0.05) is 18.5 Å². The second kappa shape index (κ2) is 6.04. The number of aromatic nitrogens is 1. The molecular formula is C15H17ClN2O. The molecular weight excluding hydrogens is 260 g/mol. The molecule has 2 rings (SSSR count). The van der Waals surface area contributed by atoms with E-state index >= 15 is 0 Å². The third-order valence-electron chi connectivity index (χ3n) is 2.86. The Morgan fingerprint density at radius 2 is 2.00 bits per heavy atom. The number of pyridine rings is 1. The van der Waals surface area contributed by atoms with Gasteiger partial charge in [-0.25, -0.2) is 0 Å². The molecule has 2 aromatic rings. The lowest BCUT2D eigenvalue weighted by atomic mass is 10.1. The molecule has 4 heteroatoms. The summed E-state index contributed by atoms with van der Waals surface area (Å²) in [4.78, 5) is 4.26. The molecule has 0 aliphatic rings. The van der Waals surface area contributed by atoms with Crippen LogP contribution in [0.3, 0.4) is 0 Å². The second-order valence-electron chi connectivity index (χ2n) is 4.42. The van der Waals surface area contributed by atoms with Crippen LogP contribution in [-0.2, 0) is 6.42 Å². The van der Waals surface area contributed by atoms with Crippen LogP contribution < -0.4 is 10.5 Å². The van der Waals surface area contributed by atoms with Crippen LogP contribution in [0.25, 0.3) is 0 Å². The number of halogens is 1. The van der Waals surface area contributed by atoms with Crippen molar-refractivity contribution < 1.29 is 4.74 Å². The van der Waals surface area contributed by atoms with E-state index in [1.54, 1.807) is 6.20 Å². The Balaban J connectivity index is 2.16. The van der Waals surface area contributed by atoms with E-state index in [1.807, 2.05) is 37.3 Å². The Kier molecular flexibility index (Phi) is 4.40. The Hall–Kier alpha value is -1.58. The molecule has 0 radical (unpaired) electrons. The first kappa shape index (κ1) is 13.8. The number of aryl methyl sites for hydroxylation is 1. The van der Waals surface area contributed by atoms with Crippen molar-refractivity contribution in [3.05, 3.63) is 52.8 Å². The molecule has 0 aliphatic carbocycles. The van der Waals surface area contributed by atoms with Crippen molar-refractivity contribution in [2.45, 2.75) is 26.3 Å². The molecule has 1 aromatic carbocycles. The molecule has 0 saturated heterocycles. The lowest BCUT2D eigenvalue weighted by molar-refractivity contribution is 0.478. The van der Waals surface area contributed by atoms with Gasteiger partial charge >= 0.3 is 0 Å². The molecule has 1 heterocycles. The van der Waals surface area contributed by atoms with Gasteiger partial charge in [0.2, 0.25) is 0 Å². The van der Waals surface area contributed by atoms with Crippen LogP contribution in [0.4, 0.5) is 0 Å². The number of nitrogens with zero attached hydrogens (tertiary/aromatic N) is 1. The van der Waals surface area contributed by atoms with E-state index in [0.717, 1.165) is 28.5 Å². The Labute approximate surface area is 118 Å². The van der Waals surface area contributed by atoms with Crippen molar-refractivity contribution >= 4 is 11.6 Å². The quantitative estimate of drug-likeness (QED) is 0.914. The first-order valence-corrected chi connectivity index (χ1v) is 6.65. The zero-order valence-corrected chi connectivity index (χ0v) is 11.8. The Morgan fingerprint density at radius 3 is 2.58 bits per heavy atom. The molecule has 3 nitrogen and oxygen atoms in total. The third kappa shape index (κ3) is 3.46. The standard InChI is InChI=1S/C15H17ClN2O/c1-3-11-8-12(4-6-14(11)16)19-13-5-7-15(10(2)17)18-9-13/h4-10H,3,17H2,1-2H3/t10-/m1/s1. The van der Waals surface area contributed by atoms with E-state index in [2.05, 4.69) is 11.9 Å². The van der Waals surface area contributed by atoms with Crippen LogP contribution in [0.1, 0.15) is 31.1 Å². The number of hydrogen-bond donors (Lipinski definition) is 1. The molecule has 100 valence electrons. The van der Waals surface area contributed by atoms with E-state index in [-0.39, 0.29) is 6.04 Å². The highest BCUT2D eigenvalue weighted by molar-refractivity contribution is 6.31. The van der Waals surface area contributed by atoms with Gasteiger partial charge < -0.3 is 10.5 Å². The van der Waals surface area contributed by atoms with Crippen LogP contribution >= 0.6 is 11.6 Å². The summed E-state index contributed by atoms with van der Waals surface area (Å²) in [6, 6.07) is 9.31. The summed E-state index contributed by atoms with van der Waals surface area (Å²) in [5, 5.41) is 0.764. The van der Waals surface area contributed by atoms with Crippen molar-refractivity contribution in [2.75, 3.05) is 0 Å². The van der Waals surface area contributed by atoms with E-state index < -0.39 is 0 Å². The number of ether oxygens (including phenoxy) is 1. The topological polar surface area (TPSA) is 48.1 Å². The van der Waals surface area contributed by atoms with Gasteiger partial charge in [-0.15, -0.1) is 0 Å². The zero-order chi connectivity index (χ0) is 13.8. The maximum Gasteiger partial charge on any atom is 0.145 e. The van der Waals surface area contributed by atoms with E-state index in [0.29, 0.717) is 5.75 Å². The number of benzene rings is 1. The number of rotatable bonds is 4. The van der Waals surface area contributed by atoms with Gasteiger partial charge in [0.15, 0.2) is 0 Å². The lowest BCUT2D eigenvalue weighted by Gasteiger charge is -2.09. The average Bonchev–Trinajstić information content (AvgIpc) is 2.41. The highest BCUT2D eigenvalue weighted by Gasteiger charge is 2.04. The lowest BCUT2D eigenvalue weighted by Crippen LogP contribution is -2.06. The largest absolute Gasteiger partial charge is 0.456 e. The number of hydrogen-bond acceptors (Lipinski definition) is 3. The third-order valence-corrected chi connectivity index (χ3v) is 3.23. The SMILES string of the molecule is CCc1cc(Oc2ccc([C@@H](C)N)nc2)ccc1Cl. The monoisotopic (exact) mass is 276 g/mol. The van der Waals surface area contributed by atoms with Crippen molar-refractivity contribution in [1.82, 2.24) is 4.98 Å². The molecule has 0 spiro atoms. The van der Waals surface area contributed by atoms with Crippen LogP contribution in [0, 0.1) is 0 Å². The van der Waals surface area contributed by atoms with Crippen LogP contribution in [0.2, 0.25) is 5.02 Å². The van der Waals surface area contributed by atoms with Gasteiger partial charge in [0.05, 0.1) is 11.9 Å². The summed E-state index contributed by atoms with van der Waals surface area (Å²) in [5.41, 5.74) is 7.67. The van der Waals surface area contributed by atoms with Crippen molar-refractivity contribution in [3.63, 3.8) is 0 Å². The maximum atomic E-state index is 6.07. The minimum atomic E-state index is -0.0729. The van der Waals surface area contributed by atoms with Crippen molar-refractivity contribution in [1.29, 1.82) is 0 Å². The van der Waals surface area contributed by atoms with Gasteiger partial charge in [0.1, 0.15) is 11.5 Å². The Morgan fingerprint density at radius 1 is 1.26 bits per heavy atom. The zero-order valence-electron chi connectivity index (χ0n) is 11.1. The van der Waals surface area contributed by atoms with Crippen molar-refractivity contribution in [2.24, 2.45) is 5.73 Å². The van der Waals surface area contributed by atoms with Gasteiger partial charge in [-0.2, -0.15) is 0 Å². The molecule has 0 saturated carbocycles. The highest BCUT2D eigenvalue weighted by atomic mass is 35.5. The predicted molar refractivity (Wildman–Crippen MR) is 77.7 cm³/mol. The van der Waals surface area contributed by atoms with Crippen molar-refractivity contribution in [3.8, 4) is 11.5 Å². The Bertz CT molecular complexity index is 553. The minimum absolute atomic E-state index is 0.0729. The summed E-state index contributed by atoms with van der Waals surface area (Å²) in [7, 11) is 0. The van der Waals surface area contributed by atoms with Gasteiger partial charge in [-0.05, 0) is 49.2 Å². The molecule has 0 unspecified atom stereocenters. The highest BCUT2D eigenvalue weighted by Crippen LogP contribution is 2.26. The molecule has 1 atom stereocenters. The van der Waals surface area contributed by atoms with Gasteiger partial charge in [-0.3, -0.25) is 4.98 Å². The van der Waals surface area contributed by atoms with E-state index in [4.69, 9.17) is 22.1 Å². The smallest absolute Gasteiger partial charge is 0.145 e. The fourth-order valence-electron chi connectivity index (χ4n) is 1.74. The summed E-state index contributed by atoms with van der Waals surface area (Å²) in [6.45, 7) is 3.96. The van der Waals surface area contributed by atoms with Gasteiger partial charge in [0, 0.05) is 11.1 Å². The van der Waals surface area contributed by atoms with Crippen LogP contribution in [0.5, 0.6) is 11.5 Å². The molecule has 19 heavy (non-hydrogen) atoms. The molecule has 2 N–H and O–H groups in total. The molecule has 0 bridgehead atoms. The first-order valence-electron chi connectivity index (χ1n) is 6.28. The van der Waals surface area contributed by atoms with E-state index in [1.165, 1.54) is 0 Å².